The average Bonchev–Trinajstić information content (AvgIpc) is 3.18. The summed E-state index contributed by atoms with van der Waals surface area (Å²) in [4.78, 5) is 19.3. The van der Waals surface area contributed by atoms with Crippen molar-refractivity contribution in [2.24, 2.45) is 5.92 Å². The van der Waals surface area contributed by atoms with Gasteiger partial charge in [0.25, 0.3) is 0 Å². The minimum absolute atomic E-state index is 0.374. The van der Waals surface area contributed by atoms with E-state index in [1.807, 2.05) is 6.20 Å². The number of piperidine rings is 1. The molecule has 1 aromatic rings. The minimum Gasteiger partial charge on any atom is -0.342 e. The molecular weight excluding hydrogens is 274 g/mol. The molecule has 1 aliphatic carbocycles. The molecule has 2 fully saturated rings. The third-order valence-electron chi connectivity index (χ3n) is 5.33. The summed E-state index contributed by atoms with van der Waals surface area (Å²) in [5.74, 6) is 2.58. The van der Waals surface area contributed by atoms with E-state index in [9.17, 15) is 4.79 Å². The molecule has 0 radical (unpaired) electrons. The Labute approximate surface area is 133 Å². The molecule has 0 spiro atoms. The van der Waals surface area contributed by atoms with Crippen LogP contribution in [-0.2, 0) is 4.79 Å². The van der Waals surface area contributed by atoms with Gasteiger partial charge in [-0.05, 0) is 45.4 Å². The second kappa shape index (κ2) is 6.84. The van der Waals surface area contributed by atoms with Crippen LogP contribution in [0.15, 0.2) is 12.4 Å². The fraction of sp³-hybridized carbons (Fsp3) is 0.778. The third kappa shape index (κ3) is 3.36. The largest absolute Gasteiger partial charge is 0.342 e. The van der Waals surface area contributed by atoms with Gasteiger partial charge in [-0.25, -0.2) is 4.98 Å². The van der Waals surface area contributed by atoms with Crippen molar-refractivity contribution in [3.8, 4) is 0 Å². The summed E-state index contributed by atoms with van der Waals surface area (Å²) >= 11 is 0. The van der Waals surface area contributed by atoms with Crippen molar-refractivity contribution in [2.75, 3.05) is 13.1 Å². The molecule has 1 aromatic heterocycles. The van der Waals surface area contributed by atoms with Crippen LogP contribution in [0, 0.1) is 5.92 Å². The highest BCUT2D eigenvalue weighted by molar-refractivity contribution is 5.76. The van der Waals surface area contributed by atoms with E-state index in [4.69, 9.17) is 0 Å². The first kappa shape index (κ1) is 15.6. The maximum atomic E-state index is 12.6. The molecular formula is C18H29N3O. The zero-order chi connectivity index (χ0) is 15.5. The minimum atomic E-state index is 0.374. The fourth-order valence-corrected chi connectivity index (χ4v) is 4.08. The molecule has 122 valence electrons. The van der Waals surface area contributed by atoms with E-state index in [2.05, 4.69) is 34.5 Å². The second-order valence-electron chi connectivity index (χ2n) is 7.32. The number of nitrogens with zero attached hydrogens (tertiary/aromatic N) is 3. The van der Waals surface area contributed by atoms with Crippen LogP contribution in [0.4, 0.5) is 0 Å². The average molecular weight is 303 g/mol. The van der Waals surface area contributed by atoms with Crippen LogP contribution in [-0.4, -0.2) is 33.4 Å². The summed E-state index contributed by atoms with van der Waals surface area (Å²) in [7, 11) is 0. The van der Waals surface area contributed by atoms with Gasteiger partial charge in [0.15, 0.2) is 0 Å². The van der Waals surface area contributed by atoms with Gasteiger partial charge in [-0.3, -0.25) is 4.79 Å². The van der Waals surface area contributed by atoms with E-state index < -0.39 is 0 Å². The van der Waals surface area contributed by atoms with Gasteiger partial charge in [0.1, 0.15) is 5.82 Å². The Bertz CT molecular complexity index is 502. The standard InChI is InChI=1S/C18H29N3O/c1-14(2)21-11-9-19-18(21)16-8-5-10-20(13-16)17(22)12-15-6-3-4-7-15/h9,11,14-16H,3-8,10,12-13H2,1-2H3/t16-/m0/s1. The zero-order valence-electron chi connectivity index (χ0n) is 14.0. The van der Waals surface area contributed by atoms with Crippen LogP contribution >= 0.6 is 0 Å². The van der Waals surface area contributed by atoms with Gasteiger partial charge in [0, 0.05) is 43.9 Å². The lowest BCUT2D eigenvalue weighted by molar-refractivity contribution is -0.133. The predicted molar refractivity (Wildman–Crippen MR) is 87.7 cm³/mol. The monoisotopic (exact) mass is 303 g/mol. The van der Waals surface area contributed by atoms with Gasteiger partial charge in [-0.1, -0.05) is 12.8 Å². The Balaban J connectivity index is 1.63. The Morgan fingerprint density at radius 1 is 1.27 bits per heavy atom. The maximum absolute atomic E-state index is 12.6. The molecule has 4 heteroatoms. The van der Waals surface area contributed by atoms with E-state index in [1.165, 1.54) is 25.7 Å². The lowest BCUT2D eigenvalue weighted by Crippen LogP contribution is -2.40. The number of hydrogen-bond donors (Lipinski definition) is 0. The van der Waals surface area contributed by atoms with E-state index >= 15 is 0 Å². The molecule has 1 atom stereocenters. The Morgan fingerprint density at radius 3 is 2.77 bits per heavy atom. The lowest BCUT2D eigenvalue weighted by atomic mass is 9.95. The van der Waals surface area contributed by atoms with Gasteiger partial charge in [0.05, 0.1) is 0 Å². The third-order valence-corrected chi connectivity index (χ3v) is 5.33. The molecule has 22 heavy (non-hydrogen) atoms. The molecule has 1 aliphatic heterocycles. The van der Waals surface area contributed by atoms with Gasteiger partial charge >= 0.3 is 0 Å². The Morgan fingerprint density at radius 2 is 2.05 bits per heavy atom. The number of amides is 1. The predicted octanol–water partition coefficient (Wildman–Crippen LogP) is 3.75. The number of aromatic nitrogens is 2. The van der Waals surface area contributed by atoms with Crippen molar-refractivity contribution in [2.45, 2.75) is 70.8 Å². The highest BCUT2D eigenvalue weighted by atomic mass is 16.2. The fourth-order valence-electron chi connectivity index (χ4n) is 4.08. The maximum Gasteiger partial charge on any atom is 0.222 e. The molecule has 2 aliphatic rings. The number of rotatable bonds is 4. The van der Waals surface area contributed by atoms with E-state index in [0.29, 0.717) is 23.8 Å². The molecule has 3 rings (SSSR count). The molecule has 1 saturated heterocycles. The molecule has 0 aromatic carbocycles. The van der Waals surface area contributed by atoms with Crippen molar-refractivity contribution >= 4 is 5.91 Å². The first-order valence-corrected chi connectivity index (χ1v) is 8.95. The van der Waals surface area contributed by atoms with Crippen LogP contribution in [0.3, 0.4) is 0 Å². The molecule has 1 saturated carbocycles. The van der Waals surface area contributed by atoms with Crippen molar-refractivity contribution in [3.05, 3.63) is 18.2 Å². The van der Waals surface area contributed by atoms with E-state index in [0.717, 1.165) is 38.2 Å². The molecule has 1 amide bonds. The molecule has 4 nitrogen and oxygen atoms in total. The molecule has 0 N–H and O–H groups in total. The zero-order valence-corrected chi connectivity index (χ0v) is 14.0. The van der Waals surface area contributed by atoms with Crippen LogP contribution in [0.1, 0.15) is 76.6 Å². The van der Waals surface area contributed by atoms with E-state index in [1.54, 1.807) is 0 Å². The topological polar surface area (TPSA) is 38.1 Å². The van der Waals surface area contributed by atoms with Crippen LogP contribution in [0.5, 0.6) is 0 Å². The number of likely N-dealkylation sites (tertiary alicyclic amines) is 1. The summed E-state index contributed by atoms with van der Waals surface area (Å²) < 4.78 is 2.26. The second-order valence-corrected chi connectivity index (χ2v) is 7.32. The summed E-state index contributed by atoms with van der Waals surface area (Å²) in [5.41, 5.74) is 0. The van der Waals surface area contributed by atoms with Crippen molar-refractivity contribution in [1.82, 2.24) is 14.5 Å². The van der Waals surface area contributed by atoms with Crippen LogP contribution < -0.4 is 0 Å². The highest BCUT2D eigenvalue weighted by Crippen LogP contribution is 2.31. The summed E-state index contributed by atoms with van der Waals surface area (Å²) in [6, 6.07) is 0.432. The van der Waals surface area contributed by atoms with Gasteiger partial charge in [0.2, 0.25) is 5.91 Å². The number of carbonyl (C=O) groups is 1. The quantitative estimate of drug-likeness (QED) is 0.849. The van der Waals surface area contributed by atoms with Gasteiger partial charge < -0.3 is 9.47 Å². The van der Waals surface area contributed by atoms with Crippen LogP contribution in [0.2, 0.25) is 0 Å². The number of imidazole rings is 1. The number of carbonyl (C=O) groups excluding carboxylic acids is 1. The molecule has 0 unspecified atom stereocenters. The summed E-state index contributed by atoms with van der Waals surface area (Å²) in [6.45, 7) is 6.17. The number of hydrogen-bond acceptors (Lipinski definition) is 2. The van der Waals surface area contributed by atoms with Crippen molar-refractivity contribution in [3.63, 3.8) is 0 Å². The van der Waals surface area contributed by atoms with Gasteiger partial charge in [-0.2, -0.15) is 0 Å². The SMILES string of the molecule is CC(C)n1ccnc1[C@H]1CCCN(C(=O)CC2CCCC2)C1. The summed E-state index contributed by atoms with van der Waals surface area (Å²) in [6.07, 6.45) is 12.1. The van der Waals surface area contributed by atoms with Crippen molar-refractivity contribution in [1.29, 1.82) is 0 Å². The normalized spacial score (nSPS) is 23.4. The van der Waals surface area contributed by atoms with E-state index in [-0.39, 0.29) is 0 Å². The smallest absolute Gasteiger partial charge is 0.222 e. The Hall–Kier alpha value is -1.32. The highest BCUT2D eigenvalue weighted by Gasteiger charge is 2.29. The molecule has 0 bridgehead atoms. The van der Waals surface area contributed by atoms with Crippen molar-refractivity contribution < 1.29 is 4.79 Å². The molecule has 2 heterocycles. The first-order valence-electron chi connectivity index (χ1n) is 8.95. The summed E-state index contributed by atoms with van der Waals surface area (Å²) in [5, 5.41) is 0. The van der Waals surface area contributed by atoms with Crippen LogP contribution in [0.25, 0.3) is 0 Å². The van der Waals surface area contributed by atoms with Gasteiger partial charge in [-0.15, -0.1) is 0 Å². The first-order chi connectivity index (χ1) is 10.6. The lowest BCUT2D eigenvalue weighted by Gasteiger charge is -2.33. The Kier molecular flexibility index (Phi) is 4.84.